The zero-order valence-electron chi connectivity index (χ0n) is 7.24. The molecule has 1 aromatic rings. The van der Waals surface area contributed by atoms with Crippen LogP contribution >= 0.6 is 0 Å². The molecule has 1 aromatic heterocycles. The molecule has 0 radical (unpaired) electrons. The maximum absolute atomic E-state index is 8.11. The predicted molar refractivity (Wildman–Crippen MR) is 40.7 cm³/mol. The molecule has 3 N–H and O–H groups in total. The van der Waals surface area contributed by atoms with Crippen LogP contribution in [0.3, 0.4) is 0 Å². The molecular formula is C7H15ClN2O2. The molecule has 0 saturated heterocycles. The Kier molecular flexibility index (Phi) is 9.92. The number of rotatable bonds is 1. The molecule has 0 fully saturated rings. The summed E-state index contributed by atoms with van der Waals surface area (Å²) in [4.78, 5) is 2.89. The van der Waals surface area contributed by atoms with Gasteiger partial charge < -0.3 is 22.6 Å². The van der Waals surface area contributed by atoms with Gasteiger partial charge in [-0.2, -0.15) is 0 Å². The van der Waals surface area contributed by atoms with Gasteiger partial charge >= 0.3 is 0 Å². The Balaban J connectivity index is 0. The van der Waals surface area contributed by atoms with Crippen molar-refractivity contribution in [2.24, 2.45) is 7.05 Å². The average molecular weight is 195 g/mol. The summed E-state index contributed by atoms with van der Waals surface area (Å²) in [6.45, 7) is 1.39. The fourth-order valence-electron chi connectivity index (χ4n) is 0.364. The van der Waals surface area contributed by atoms with E-state index >= 15 is 0 Å². The maximum Gasteiger partial charge on any atom is 0.241 e. The van der Waals surface area contributed by atoms with Gasteiger partial charge in [-0.3, -0.25) is 4.98 Å². The molecule has 72 valence electrons. The van der Waals surface area contributed by atoms with Gasteiger partial charge in [0.2, 0.25) is 6.33 Å². The zero-order chi connectivity index (χ0) is 8.69. The summed E-state index contributed by atoms with van der Waals surface area (Å²) in [5.41, 5.74) is 0. The van der Waals surface area contributed by atoms with Crippen molar-refractivity contribution in [3.63, 3.8) is 0 Å². The van der Waals surface area contributed by atoms with E-state index in [-0.39, 0.29) is 19.0 Å². The third kappa shape index (κ3) is 9.42. The van der Waals surface area contributed by atoms with Gasteiger partial charge in [-0.15, -0.1) is 0 Å². The lowest BCUT2D eigenvalue weighted by Gasteiger charge is -1.90. The Labute approximate surface area is 78.3 Å². The fraction of sp³-hybridized carbons (Fsp3) is 0.571. The predicted octanol–water partition coefficient (Wildman–Crippen LogP) is -3.80. The number of aliphatic hydroxyl groups is 2. The van der Waals surface area contributed by atoms with Crippen molar-refractivity contribution in [1.29, 1.82) is 0 Å². The van der Waals surface area contributed by atoms with E-state index in [1.54, 1.807) is 0 Å². The summed E-state index contributed by atoms with van der Waals surface area (Å²) in [5.74, 6) is 0. The molecule has 0 aliphatic rings. The summed E-state index contributed by atoms with van der Waals surface area (Å²) in [6, 6.07) is 0. The second kappa shape index (κ2) is 8.52. The minimum atomic E-state index is -0.560. The van der Waals surface area contributed by atoms with Crippen LogP contribution in [-0.4, -0.2) is 27.9 Å². The van der Waals surface area contributed by atoms with Gasteiger partial charge in [-0.1, -0.05) is 0 Å². The number of nitrogens with zero attached hydrogens (tertiary/aromatic N) is 1. The number of aromatic nitrogens is 2. The third-order valence-electron chi connectivity index (χ3n) is 0.948. The Morgan fingerprint density at radius 1 is 1.58 bits per heavy atom. The molecule has 0 aliphatic carbocycles. The van der Waals surface area contributed by atoms with Crippen LogP contribution in [0.2, 0.25) is 0 Å². The van der Waals surface area contributed by atoms with E-state index in [4.69, 9.17) is 10.2 Å². The lowest BCUT2D eigenvalue weighted by Crippen LogP contribution is -3.00. The molecule has 5 heteroatoms. The van der Waals surface area contributed by atoms with Crippen LogP contribution in [0, 0.1) is 0 Å². The van der Waals surface area contributed by atoms with E-state index in [0.29, 0.717) is 0 Å². The molecule has 0 amide bonds. The smallest absolute Gasteiger partial charge is 0.241 e. The van der Waals surface area contributed by atoms with Crippen molar-refractivity contribution >= 4 is 0 Å². The molecular weight excluding hydrogens is 180 g/mol. The molecule has 12 heavy (non-hydrogen) atoms. The van der Waals surface area contributed by atoms with Gasteiger partial charge in [0.15, 0.2) is 0 Å². The van der Waals surface area contributed by atoms with Crippen LogP contribution < -0.4 is 17.0 Å². The molecule has 0 unspecified atom stereocenters. The Bertz CT molecular complexity index is 166. The number of hydrogen-bond acceptors (Lipinski definition) is 2. The van der Waals surface area contributed by atoms with Crippen LogP contribution in [-0.2, 0) is 7.05 Å². The normalized spacial score (nSPS) is 10.7. The van der Waals surface area contributed by atoms with E-state index in [9.17, 15) is 0 Å². The first kappa shape index (κ1) is 14.0. The largest absolute Gasteiger partial charge is 1.00 e. The Morgan fingerprint density at radius 2 is 2.08 bits per heavy atom. The lowest BCUT2D eigenvalue weighted by molar-refractivity contribution is -0.670. The van der Waals surface area contributed by atoms with Gasteiger partial charge in [0, 0.05) is 0 Å². The molecule has 0 aromatic carbocycles. The minimum absolute atomic E-state index is 0. The molecule has 1 atom stereocenters. The number of aromatic amines is 1. The number of H-pyrrole nitrogens is 1. The van der Waals surface area contributed by atoms with E-state index in [1.807, 2.05) is 30.3 Å². The molecule has 1 heterocycles. The number of aryl methyl sites for hydroxylation is 1. The summed E-state index contributed by atoms with van der Waals surface area (Å²) in [7, 11) is 1.97. The highest BCUT2D eigenvalue weighted by molar-refractivity contribution is 4.54. The number of aliphatic hydroxyl groups excluding tert-OH is 2. The van der Waals surface area contributed by atoms with Crippen LogP contribution in [0.1, 0.15) is 6.92 Å². The zero-order valence-corrected chi connectivity index (χ0v) is 7.99. The number of imidazole rings is 1. The monoisotopic (exact) mass is 194 g/mol. The molecule has 0 bridgehead atoms. The van der Waals surface area contributed by atoms with Crippen molar-refractivity contribution in [2.45, 2.75) is 13.0 Å². The SMILES string of the molecule is C[C@@H](O)CO.C[n+]1cc[nH]c1.[Cl-]. The first-order valence-electron chi connectivity index (χ1n) is 3.43. The van der Waals surface area contributed by atoms with Crippen LogP contribution in [0.15, 0.2) is 18.7 Å². The second-order valence-electron chi connectivity index (χ2n) is 2.31. The van der Waals surface area contributed by atoms with Gasteiger partial charge in [-0.05, 0) is 6.92 Å². The van der Waals surface area contributed by atoms with Crippen molar-refractivity contribution in [3.8, 4) is 0 Å². The molecule has 0 spiro atoms. The quantitative estimate of drug-likeness (QED) is 0.402. The minimum Gasteiger partial charge on any atom is -1.00 e. The highest BCUT2D eigenvalue weighted by atomic mass is 35.5. The van der Waals surface area contributed by atoms with E-state index < -0.39 is 6.10 Å². The third-order valence-corrected chi connectivity index (χ3v) is 0.948. The van der Waals surface area contributed by atoms with Crippen molar-refractivity contribution in [3.05, 3.63) is 18.7 Å². The fourth-order valence-corrected chi connectivity index (χ4v) is 0.364. The van der Waals surface area contributed by atoms with Crippen molar-refractivity contribution in [2.75, 3.05) is 6.61 Å². The van der Waals surface area contributed by atoms with Crippen LogP contribution in [0.5, 0.6) is 0 Å². The summed E-state index contributed by atoms with van der Waals surface area (Å²) in [5, 5.41) is 16.0. The highest BCUT2D eigenvalue weighted by Gasteiger charge is 1.83. The van der Waals surface area contributed by atoms with Crippen LogP contribution in [0.4, 0.5) is 0 Å². The van der Waals surface area contributed by atoms with Crippen LogP contribution in [0.25, 0.3) is 0 Å². The van der Waals surface area contributed by atoms with Crippen molar-refractivity contribution in [1.82, 2.24) is 4.98 Å². The second-order valence-corrected chi connectivity index (χ2v) is 2.31. The van der Waals surface area contributed by atoms with E-state index in [0.717, 1.165) is 0 Å². The topological polar surface area (TPSA) is 60.1 Å². The molecule has 1 rings (SSSR count). The number of hydrogen-bond donors (Lipinski definition) is 3. The molecule has 4 nitrogen and oxygen atoms in total. The standard InChI is InChI=1S/C4H6N2.C3H8O2.ClH/c1-6-3-2-5-4-6;1-3(5)2-4;/h2-4H,1H3;3-5H,2H2,1H3;1H/t;3-;/m.1./s1. The summed E-state index contributed by atoms with van der Waals surface area (Å²) >= 11 is 0. The maximum atomic E-state index is 8.11. The molecule has 0 aliphatic heterocycles. The Hall–Kier alpha value is -0.580. The summed E-state index contributed by atoms with van der Waals surface area (Å²) < 4.78 is 1.94. The van der Waals surface area contributed by atoms with Gasteiger partial charge in [-0.25, -0.2) is 4.57 Å². The van der Waals surface area contributed by atoms with Crippen molar-refractivity contribution < 1.29 is 27.2 Å². The van der Waals surface area contributed by atoms with E-state index in [2.05, 4.69) is 4.98 Å². The first-order valence-corrected chi connectivity index (χ1v) is 3.43. The average Bonchev–Trinajstić information content (AvgIpc) is 2.41. The number of nitrogens with one attached hydrogen (secondary N) is 1. The first-order chi connectivity index (χ1) is 5.16. The van der Waals surface area contributed by atoms with E-state index in [1.165, 1.54) is 6.92 Å². The summed E-state index contributed by atoms with van der Waals surface area (Å²) in [6.07, 6.45) is 5.13. The van der Waals surface area contributed by atoms with Gasteiger partial charge in [0.05, 0.1) is 19.8 Å². The van der Waals surface area contributed by atoms with Gasteiger partial charge in [0.25, 0.3) is 0 Å². The van der Waals surface area contributed by atoms with Gasteiger partial charge in [0.1, 0.15) is 12.4 Å². The number of halogens is 1. The lowest BCUT2D eigenvalue weighted by atomic mass is 10.5. The Morgan fingerprint density at radius 3 is 2.17 bits per heavy atom. The highest BCUT2D eigenvalue weighted by Crippen LogP contribution is 1.68. The molecule has 0 saturated carbocycles.